The van der Waals surface area contributed by atoms with E-state index >= 15 is 0 Å². The number of carboxylic acid groups (broad SMARTS) is 1. The quantitative estimate of drug-likeness (QED) is 0.831. The van der Waals surface area contributed by atoms with Crippen LogP contribution in [0.5, 0.6) is 0 Å². The summed E-state index contributed by atoms with van der Waals surface area (Å²) in [6.45, 7) is 3.65. The zero-order valence-electron chi connectivity index (χ0n) is 10.6. The van der Waals surface area contributed by atoms with Crippen LogP contribution in [0.25, 0.3) is 0 Å². The molecule has 0 spiro atoms. The standard InChI is InChI=1S/C11H15FN2O4S/c1-3-14(4-2)19(17,18)13-10-8(11(15)16)6-5-7-9(10)12/h5-7,13H,3-4H2,1-2H3,(H,15,16). The lowest BCUT2D eigenvalue weighted by atomic mass is 10.2. The predicted molar refractivity (Wildman–Crippen MR) is 68.8 cm³/mol. The fourth-order valence-corrected chi connectivity index (χ4v) is 2.84. The summed E-state index contributed by atoms with van der Waals surface area (Å²) < 4.78 is 40.5. The molecule has 0 amide bonds. The largest absolute Gasteiger partial charge is 0.478 e. The summed E-state index contributed by atoms with van der Waals surface area (Å²) in [6, 6.07) is 3.33. The Balaban J connectivity index is 3.23. The maximum Gasteiger partial charge on any atom is 0.337 e. The van der Waals surface area contributed by atoms with Crippen LogP contribution in [0.3, 0.4) is 0 Å². The lowest BCUT2D eigenvalue weighted by Gasteiger charge is -2.20. The second-order valence-corrected chi connectivity index (χ2v) is 5.33. The van der Waals surface area contributed by atoms with Gasteiger partial charge in [0, 0.05) is 13.1 Å². The van der Waals surface area contributed by atoms with Gasteiger partial charge in [0.25, 0.3) is 0 Å². The molecule has 0 atom stereocenters. The molecule has 1 aromatic carbocycles. The van der Waals surface area contributed by atoms with Crippen molar-refractivity contribution in [1.82, 2.24) is 4.31 Å². The van der Waals surface area contributed by atoms with Gasteiger partial charge in [-0.3, -0.25) is 4.72 Å². The average Bonchev–Trinajstić information content (AvgIpc) is 2.32. The molecular weight excluding hydrogens is 275 g/mol. The molecule has 0 radical (unpaired) electrons. The summed E-state index contributed by atoms with van der Waals surface area (Å²) in [4.78, 5) is 11.0. The summed E-state index contributed by atoms with van der Waals surface area (Å²) in [5.41, 5.74) is -0.988. The van der Waals surface area contributed by atoms with Crippen molar-refractivity contribution in [2.24, 2.45) is 0 Å². The van der Waals surface area contributed by atoms with Gasteiger partial charge < -0.3 is 5.11 Å². The van der Waals surface area contributed by atoms with Gasteiger partial charge in [0.05, 0.1) is 11.3 Å². The third-order valence-electron chi connectivity index (χ3n) is 2.52. The van der Waals surface area contributed by atoms with E-state index in [1.807, 2.05) is 4.72 Å². The zero-order valence-corrected chi connectivity index (χ0v) is 11.4. The Kier molecular flexibility index (Phi) is 4.84. The molecular formula is C11H15FN2O4S. The third kappa shape index (κ3) is 3.42. The van der Waals surface area contributed by atoms with Gasteiger partial charge in [0.1, 0.15) is 5.82 Å². The number of aromatic carboxylic acids is 1. The minimum Gasteiger partial charge on any atom is -0.478 e. The maximum atomic E-state index is 13.6. The molecule has 0 aliphatic carbocycles. The smallest absolute Gasteiger partial charge is 0.337 e. The number of hydrogen-bond donors (Lipinski definition) is 2. The number of halogens is 1. The van der Waals surface area contributed by atoms with E-state index in [0.29, 0.717) is 0 Å². The minimum atomic E-state index is -3.97. The highest BCUT2D eigenvalue weighted by Crippen LogP contribution is 2.22. The Bertz CT molecular complexity index is 570. The number of benzene rings is 1. The fourth-order valence-electron chi connectivity index (χ4n) is 1.56. The molecule has 2 N–H and O–H groups in total. The Morgan fingerprint density at radius 1 is 1.37 bits per heavy atom. The van der Waals surface area contributed by atoms with Gasteiger partial charge in [0.15, 0.2) is 0 Å². The Hall–Kier alpha value is -1.67. The first kappa shape index (κ1) is 15.4. The zero-order chi connectivity index (χ0) is 14.6. The van der Waals surface area contributed by atoms with Crippen molar-refractivity contribution >= 4 is 21.9 Å². The van der Waals surface area contributed by atoms with Gasteiger partial charge in [-0.2, -0.15) is 12.7 Å². The number of nitrogens with one attached hydrogen (secondary N) is 1. The van der Waals surface area contributed by atoms with Crippen molar-refractivity contribution in [1.29, 1.82) is 0 Å². The summed E-state index contributed by atoms with van der Waals surface area (Å²) in [7, 11) is -3.97. The first-order chi connectivity index (χ1) is 8.83. The molecule has 0 saturated carbocycles. The Morgan fingerprint density at radius 2 is 1.95 bits per heavy atom. The van der Waals surface area contributed by atoms with Crippen LogP contribution in [0.15, 0.2) is 18.2 Å². The lowest BCUT2D eigenvalue weighted by molar-refractivity contribution is 0.0697. The van der Waals surface area contributed by atoms with Crippen molar-refractivity contribution in [2.75, 3.05) is 17.8 Å². The fraction of sp³-hybridized carbons (Fsp3) is 0.364. The van der Waals surface area contributed by atoms with Crippen molar-refractivity contribution in [3.8, 4) is 0 Å². The Labute approximate surface area is 111 Å². The molecule has 19 heavy (non-hydrogen) atoms. The summed E-state index contributed by atoms with van der Waals surface area (Å²) in [6.07, 6.45) is 0. The van der Waals surface area contributed by atoms with Crippen LogP contribution in [-0.2, 0) is 10.2 Å². The molecule has 0 saturated heterocycles. The molecule has 0 fully saturated rings. The van der Waals surface area contributed by atoms with Crippen LogP contribution in [0.4, 0.5) is 10.1 Å². The van der Waals surface area contributed by atoms with E-state index in [-0.39, 0.29) is 13.1 Å². The van der Waals surface area contributed by atoms with E-state index in [1.165, 1.54) is 6.07 Å². The third-order valence-corrected chi connectivity index (χ3v) is 4.18. The topological polar surface area (TPSA) is 86.7 Å². The minimum absolute atomic E-state index is 0.197. The normalized spacial score (nSPS) is 11.6. The molecule has 0 bridgehead atoms. The van der Waals surface area contributed by atoms with Crippen LogP contribution in [0.1, 0.15) is 24.2 Å². The first-order valence-corrected chi connectivity index (χ1v) is 7.07. The van der Waals surface area contributed by atoms with Crippen LogP contribution in [-0.4, -0.2) is 36.9 Å². The van der Waals surface area contributed by atoms with E-state index < -0.39 is 33.2 Å². The molecule has 6 nitrogen and oxygen atoms in total. The lowest BCUT2D eigenvalue weighted by Crippen LogP contribution is -2.36. The molecule has 0 aliphatic heterocycles. The van der Waals surface area contributed by atoms with E-state index in [9.17, 15) is 17.6 Å². The van der Waals surface area contributed by atoms with Gasteiger partial charge in [-0.15, -0.1) is 0 Å². The van der Waals surface area contributed by atoms with Gasteiger partial charge in [0.2, 0.25) is 0 Å². The summed E-state index contributed by atoms with van der Waals surface area (Å²) >= 11 is 0. The van der Waals surface area contributed by atoms with Crippen LogP contribution in [0.2, 0.25) is 0 Å². The average molecular weight is 290 g/mol. The van der Waals surface area contributed by atoms with Gasteiger partial charge in [-0.25, -0.2) is 9.18 Å². The van der Waals surface area contributed by atoms with Crippen molar-refractivity contribution < 1.29 is 22.7 Å². The number of hydrogen-bond acceptors (Lipinski definition) is 3. The molecule has 8 heteroatoms. The first-order valence-electron chi connectivity index (χ1n) is 5.63. The highest BCUT2D eigenvalue weighted by atomic mass is 32.2. The second kappa shape index (κ2) is 5.98. The summed E-state index contributed by atoms with van der Waals surface area (Å²) in [5, 5.41) is 8.92. The Morgan fingerprint density at radius 3 is 2.42 bits per heavy atom. The second-order valence-electron chi connectivity index (χ2n) is 3.66. The SMILES string of the molecule is CCN(CC)S(=O)(=O)Nc1c(F)cccc1C(=O)O. The van der Waals surface area contributed by atoms with Crippen LogP contribution in [0, 0.1) is 5.82 Å². The molecule has 0 aliphatic rings. The maximum absolute atomic E-state index is 13.6. The van der Waals surface area contributed by atoms with Gasteiger partial charge in [-0.1, -0.05) is 19.9 Å². The molecule has 106 valence electrons. The van der Waals surface area contributed by atoms with Crippen molar-refractivity contribution in [3.05, 3.63) is 29.6 Å². The number of nitrogens with zero attached hydrogens (tertiary/aromatic N) is 1. The van der Waals surface area contributed by atoms with E-state index in [0.717, 1.165) is 16.4 Å². The highest BCUT2D eigenvalue weighted by Gasteiger charge is 2.23. The predicted octanol–water partition coefficient (Wildman–Crippen LogP) is 1.52. The number of anilines is 1. The molecule has 1 rings (SSSR count). The number of carbonyl (C=O) groups is 1. The van der Waals surface area contributed by atoms with Crippen molar-refractivity contribution in [3.63, 3.8) is 0 Å². The number of rotatable bonds is 6. The van der Waals surface area contributed by atoms with Crippen LogP contribution < -0.4 is 4.72 Å². The van der Waals surface area contributed by atoms with Crippen molar-refractivity contribution in [2.45, 2.75) is 13.8 Å². The molecule has 0 unspecified atom stereocenters. The number of para-hydroxylation sites is 1. The van der Waals surface area contributed by atoms with Crippen LogP contribution >= 0.6 is 0 Å². The van der Waals surface area contributed by atoms with E-state index in [4.69, 9.17) is 5.11 Å². The monoisotopic (exact) mass is 290 g/mol. The van der Waals surface area contributed by atoms with E-state index in [2.05, 4.69) is 0 Å². The van der Waals surface area contributed by atoms with Gasteiger partial charge >= 0.3 is 16.2 Å². The molecule has 0 aromatic heterocycles. The summed E-state index contributed by atoms with van der Waals surface area (Å²) in [5.74, 6) is -2.34. The molecule has 0 heterocycles. The number of carboxylic acids is 1. The van der Waals surface area contributed by atoms with E-state index in [1.54, 1.807) is 13.8 Å². The molecule has 1 aromatic rings. The van der Waals surface area contributed by atoms with Gasteiger partial charge in [-0.05, 0) is 12.1 Å². The highest BCUT2D eigenvalue weighted by molar-refractivity contribution is 7.90.